The van der Waals surface area contributed by atoms with Gasteiger partial charge in [0, 0.05) is 43.0 Å². The minimum absolute atomic E-state index is 0.830. The summed E-state index contributed by atoms with van der Waals surface area (Å²) in [7, 11) is 1.97. The standard InChI is InChI=1S/C12H18N4S/c1-4-11-10(7-16(3)15-11)5-13-6-12-14-9(2)8-17-12/h7-8,13H,4-6H2,1-3H3. The lowest BCUT2D eigenvalue weighted by molar-refractivity contribution is 0.684. The summed E-state index contributed by atoms with van der Waals surface area (Å²) < 4.78 is 1.88. The Morgan fingerprint density at radius 2 is 2.24 bits per heavy atom. The average molecular weight is 250 g/mol. The third kappa shape index (κ3) is 3.14. The van der Waals surface area contributed by atoms with Gasteiger partial charge in [0.25, 0.3) is 0 Å². The molecule has 0 saturated carbocycles. The Bertz CT molecular complexity index is 486. The van der Waals surface area contributed by atoms with Crippen molar-refractivity contribution in [1.29, 1.82) is 0 Å². The topological polar surface area (TPSA) is 42.7 Å². The number of nitrogens with zero attached hydrogens (tertiary/aromatic N) is 3. The summed E-state index contributed by atoms with van der Waals surface area (Å²) in [6.07, 6.45) is 3.06. The molecule has 0 fully saturated rings. The van der Waals surface area contributed by atoms with Gasteiger partial charge in [0.1, 0.15) is 5.01 Å². The zero-order chi connectivity index (χ0) is 12.3. The number of hydrogen-bond acceptors (Lipinski definition) is 4. The van der Waals surface area contributed by atoms with Crippen LogP contribution >= 0.6 is 11.3 Å². The van der Waals surface area contributed by atoms with Gasteiger partial charge in [-0.05, 0) is 13.3 Å². The molecule has 0 aromatic carbocycles. The Morgan fingerprint density at radius 3 is 2.88 bits per heavy atom. The van der Waals surface area contributed by atoms with Gasteiger partial charge in [0.05, 0.1) is 5.69 Å². The summed E-state index contributed by atoms with van der Waals surface area (Å²) in [6, 6.07) is 0. The molecule has 0 atom stereocenters. The molecule has 2 aromatic rings. The zero-order valence-corrected chi connectivity index (χ0v) is 11.3. The van der Waals surface area contributed by atoms with Crippen LogP contribution in [0.4, 0.5) is 0 Å². The second-order valence-electron chi connectivity index (χ2n) is 4.11. The summed E-state index contributed by atoms with van der Waals surface area (Å²) in [5.74, 6) is 0. The van der Waals surface area contributed by atoms with Gasteiger partial charge in [-0.25, -0.2) is 4.98 Å². The molecule has 0 spiro atoms. The summed E-state index contributed by atoms with van der Waals surface area (Å²) in [5.41, 5.74) is 3.56. The SMILES string of the molecule is CCc1nn(C)cc1CNCc1nc(C)cs1. The first-order chi connectivity index (χ1) is 8.19. The second kappa shape index (κ2) is 5.42. The van der Waals surface area contributed by atoms with E-state index < -0.39 is 0 Å². The first-order valence-corrected chi connectivity index (χ1v) is 6.70. The van der Waals surface area contributed by atoms with Crippen LogP contribution in [-0.2, 0) is 26.6 Å². The van der Waals surface area contributed by atoms with E-state index in [0.717, 1.165) is 30.2 Å². The van der Waals surface area contributed by atoms with Crippen LogP contribution < -0.4 is 5.32 Å². The van der Waals surface area contributed by atoms with E-state index in [-0.39, 0.29) is 0 Å². The van der Waals surface area contributed by atoms with Gasteiger partial charge in [0.2, 0.25) is 0 Å². The molecule has 0 amide bonds. The van der Waals surface area contributed by atoms with Crippen molar-refractivity contribution in [3.8, 4) is 0 Å². The minimum Gasteiger partial charge on any atom is -0.306 e. The van der Waals surface area contributed by atoms with E-state index in [1.165, 1.54) is 11.3 Å². The molecular formula is C12H18N4S. The molecule has 17 heavy (non-hydrogen) atoms. The zero-order valence-electron chi connectivity index (χ0n) is 10.5. The van der Waals surface area contributed by atoms with Crippen LogP contribution in [0, 0.1) is 6.92 Å². The van der Waals surface area contributed by atoms with E-state index >= 15 is 0 Å². The van der Waals surface area contributed by atoms with E-state index in [4.69, 9.17) is 0 Å². The fourth-order valence-corrected chi connectivity index (χ4v) is 2.56. The van der Waals surface area contributed by atoms with Crippen molar-refractivity contribution in [2.75, 3.05) is 0 Å². The van der Waals surface area contributed by atoms with E-state index in [9.17, 15) is 0 Å². The van der Waals surface area contributed by atoms with Crippen LogP contribution in [0.1, 0.15) is 28.9 Å². The molecule has 0 aliphatic heterocycles. The van der Waals surface area contributed by atoms with E-state index in [1.807, 2.05) is 18.7 Å². The Balaban J connectivity index is 1.89. The second-order valence-corrected chi connectivity index (χ2v) is 5.06. The van der Waals surface area contributed by atoms with Crippen molar-refractivity contribution in [3.05, 3.63) is 33.5 Å². The molecule has 0 bridgehead atoms. The van der Waals surface area contributed by atoms with Gasteiger partial charge in [0.15, 0.2) is 0 Å². The molecule has 1 N–H and O–H groups in total. The van der Waals surface area contributed by atoms with Crippen molar-refractivity contribution < 1.29 is 0 Å². The van der Waals surface area contributed by atoms with Gasteiger partial charge >= 0.3 is 0 Å². The molecular weight excluding hydrogens is 232 g/mol. The van der Waals surface area contributed by atoms with Crippen LogP contribution in [0.3, 0.4) is 0 Å². The Kier molecular flexibility index (Phi) is 3.91. The average Bonchev–Trinajstić information content (AvgIpc) is 2.85. The maximum absolute atomic E-state index is 4.42. The lowest BCUT2D eigenvalue weighted by atomic mass is 10.2. The molecule has 5 heteroatoms. The first kappa shape index (κ1) is 12.3. The highest BCUT2D eigenvalue weighted by atomic mass is 32.1. The highest BCUT2D eigenvalue weighted by molar-refractivity contribution is 7.09. The largest absolute Gasteiger partial charge is 0.306 e. The highest BCUT2D eigenvalue weighted by Crippen LogP contribution is 2.10. The van der Waals surface area contributed by atoms with E-state index in [0.29, 0.717) is 0 Å². The molecule has 0 aliphatic carbocycles. The molecule has 92 valence electrons. The van der Waals surface area contributed by atoms with Crippen LogP contribution in [0.25, 0.3) is 0 Å². The molecule has 0 saturated heterocycles. The summed E-state index contributed by atoms with van der Waals surface area (Å²) in [4.78, 5) is 4.42. The Morgan fingerprint density at radius 1 is 1.41 bits per heavy atom. The smallest absolute Gasteiger partial charge is 0.107 e. The lowest BCUT2D eigenvalue weighted by Crippen LogP contribution is -2.13. The van der Waals surface area contributed by atoms with Crippen LogP contribution in [0.5, 0.6) is 0 Å². The Labute approximate surface area is 106 Å². The monoisotopic (exact) mass is 250 g/mol. The van der Waals surface area contributed by atoms with Gasteiger partial charge in [-0.2, -0.15) is 5.10 Å². The van der Waals surface area contributed by atoms with E-state index in [2.05, 4.69) is 33.9 Å². The number of aryl methyl sites for hydroxylation is 3. The molecule has 0 radical (unpaired) electrons. The summed E-state index contributed by atoms with van der Waals surface area (Å²) in [6.45, 7) is 5.85. The van der Waals surface area contributed by atoms with Gasteiger partial charge < -0.3 is 5.32 Å². The van der Waals surface area contributed by atoms with Gasteiger partial charge in [-0.1, -0.05) is 6.92 Å². The maximum Gasteiger partial charge on any atom is 0.107 e. The minimum atomic E-state index is 0.830. The molecule has 2 rings (SSSR count). The summed E-state index contributed by atoms with van der Waals surface area (Å²) >= 11 is 1.71. The van der Waals surface area contributed by atoms with Gasteiger partial charge in [-0.3, -0.25) is 4.68 Å². The number of thiazole rings is 1. The third-order valence-corrected chi connectivity index (χ3v) is 3.55. The van der Waals surface area contributed by atoms with Crippen LogP contribution in [0.15, 0.2) is 11.6 Å². The summed E-state index contributed by atoms with van der Waals surface area (Å²) in [5, 5.41) is 11.1. The predicted molar refractivity (Wildman–Crippen MR) is 70.0 cm³/mol. The van der Waals surface area contributed by atoms with Crippen molar-refractivity contribution in [2.45, 2.75) is 33.4 Å². The number of rotatable bonds is 5. The fraction of sp³-hybridized carbons (Fsp3) is 0.500. The maximum atomic E-state index is 4.42. The number of hydrogen-bond donors (Lipinski definition) is 1. The molecule has 0 unspecified atom stereocenters. The highest BCUT2D eigenvalue weighted by Gasteiger charge is 2.05. The quantitative estimate of drug-likeness (QED) is 0.883. The molecule has 0 aliphatic rings. The molecule has 2 aromatic heterocycles. The first-order valence-electron chi connectivity index (χ1n) is 5.82. The molecule has 2 heterocycles. The third-order valence-electron chi connectivity index (χ3n) is 2.58. The van der Waals surface area contributed by atoms with E-state index in [1.54, 1.807) is 11.3 Å². The Hall–Kier alpha value is -1.20. The number of aromatic nitrogens is 3. The van der Waals surface area contributed by atoms with Crippen LogP contribution in [0.2, 0.25) is 0 Å². The van der Waals surface area contributed by atoms with Crippen molar-refractivity contribution >= 4 is 11.3 Å². The fourth-order valence-electron chi connectivity index (χ4n) is 1.82. The predicted octanol–water partition coefficient (Wildman–Crippen LogP) is 2.04. The number of nitrogens with one attached hydrogen (secondary N) is 1. The van der Waals surface area contributed by atoms with Crippen LogP contribution in [-0.4, -0.2) is 14.8 Å². The van der Waals surface area contributed by atoms with Gasteiger partial charge in [-0.15, -0.1) is 11.3 Å². The molecule has 4 nitrogen and oxygen atoms in total. The van der Waals surface area contributed by atoms with Crippen molar-refractivity contribution in [1.82, 2.24) is 20.1 Å². The lowest BCUT2D eigenvalue weighted by Gasteiger charge is -2.01. The van der Waals surface area contributed by atoms with Crippen molar-refractivity contribution in [3.63, 3.8) is 0 Å². The van der Waals surface area contributed by atoms with Crippen molar-refractivity contribution in [2.24, 2.45) is 7.05 Å². The normalized spacial score (nSPS) is 11.0.